The van der Waals surface area contributed by atoms with Gasteiger partial charge in [-0.25, -0.2) is 0 Å². The molecule has 1 aromatic rings. The van der Waals surface area contributed by atoms with Gasteiger partial charge in [0.2, 0.25) is 0 Å². The van der Waals surface area contributed by atoms with Gasteiger partial charge >= 0.3 is 0 Å². The molecule has 1 saturated heterocycles. The van der Waals surface area contributed by atoms with E-state index in [1.807, 2.05) is 6.07 Å². The van der Waals surface area contributed by atoms with E-state index in [-0.39, 0.29) is 17.1 Å². The Morgan fingerprint density at radius 2 is 1.83 bits per heavy atom. The predicted molar refractivity (Wildman–Crippen MR) is 158 cm³/mol. The maximum atomic E-state index is 13.6. The highest BCUT2D eigenvalue weighted by Crippen LogP contribution is 2.49. The molecule has 2 spiro atoms. The summed E-state index contributed by atoms with van der Waals surface area (Å²) in [5.41, 5.74) is 1.09. The number of fused-ring (bicyclic) bond motifs is 2. The number of carbonyl (C=O) groups is 2. The van der Waals surface area contributed by atoms with Crippen molar-refractivity contribution in [3.8, 4) is 23.3 Å². The summed E-state index contributed by atoms with van der Waals surface area (Å²) in [6, 6.07) is 3.88. The minimum atomic E-state index is -0.983. The molecular formula is C35H47NO5. The third kappa shape index (κ3) is 5.57. The summed E-state index contributed by atoms with van der Waals surface area (Å²) >= 11 is 0. The molecule has 6 heteroatoms. The molecule has 222 valence electrons. The number of hydrogen-bond acceptors (Lipinski definition) is 6. The highest BCUT2D eigenvalue weighted by Gasteiger charge is 2.50. The van der Waals surface area contributed by atoms with Gasteiger partial charge < -0.3 is 20.3 Å². The van der Waals surface area contributed by atoms with Gasteiger partial charge in [-0.05, 0) is 98.8 Å². The van der Waals surface area contributed by atoms with Crippen molar-refractivity contribution in [3.63, 3.8) is 0 Å². The number of phenolic OH excluding ortho intramolecular Hbond substituents is 1. The second-order valence-electron chi connectivity index (χ2n) is 13.8. The molecule has 0 amide bonds. The minimum Gasteiger partial charge on any atom is -0.504 e. The van der Waals surface area contributed by atoms with Gasteiger partial charge in [-0.3, -0.25) is 9.59 Å². The van der Waals surface area contributed by atoms with Gasteiger partial charge in [-0.15, -0.1) is 0 Å². The van der Waals surface area contributed by atoms with Crippen LogP contribution in [0.4, 0.5) is 0 Å². The van der Waals surface area contributed by atoms with Gasteiger partial charge in [0.25, 0.3) is 0 Å². The van der Waals surface area contributed by atoms with E-state index in [0.717, 1.165) is 43.2 Å². The fourth-order valence-electron chi connectivity index (χ4n) is 9.18. The fraction of sp³-hybridized carbons (Fsp3) is 0.714. The van der Waals surface area contributed by atoms with E-state index in [2.05, 4.69) is 17.2 Å². The molecule has 41 heavy (non-hydrogen) atoms. The molecule has 6 rings (SSSR count). The number of aliphatic hydroxyl groups is 1. The number of methoxy groups -OCH3 is 1. The van der Waals surface area contributed by atoms with Crippen LogP contribution in [0.2, 0.25) is 0 Å². The molecule has 4 aliphatic carbocycles. The van der Waals surface area contributed by atoms with E-state index >= 15 is 0 Å². The number of phenols is 1. The highest BCUT2D eigenvalue weighted by molar-refractivity contribution is 5.89. The van der Waals surface area contributed by atoms with Crippen LogP contribution in [0.5, 0.6) is 11.5 Å². The molecule has 1 aromatic carbocycles. The molecule has 0 radical (unpaired) electrons. The van der Waals surface area contributed by atoms with Gasteiger partial charge in [-0.2, -0.15) is 0 Å². The van der Waals surface area contributed by atoms with Gasteiger partial charge in [0.1, 0.15) is 11.2 Å². The summed E-state index contributed by atoms with van der Waals surface area (Å²) < 4.78 is 5.29. The van der Waals surface area contributed by atoms with Crippen molar-refractivity contribution < 1.29 is 24.5 Å². The first-order valence-corrected chi connectivity index (χ1v) is 16.2. The molecule has 1 heterocycles. The maximum Gasteiger partial charge on any atom is 0.160 e. The lowest BCUT2D eigenvalue weighted by Gasteiger charge is -2.54. The standard InChI is InChI=1S/C35H47NO5/c1-41-31-21-25-9-12-32(39)34(14-5-6-24(25)20-30(31)38)17-13-23(18-33(34)40)7-10-27-19-26-8-11-28(37)22-29(26)36-35(27)15-3-2-4-16-35/h20-21,23,26-27,29,33,36,38,40H,2-4,6-13,15-19,22H2,1H3/t23-,26+,27+,29+,33+,34+/m0/s1. The van der Waals surface area contributed by atoms with Crippen LogP contribution >= 0.6 is 0 Å². The van der Waals surface area contributed by atoms with E-state index < -0.39 is 11.5 Å². The summed E-state index contributed by atoms with van der Waals surface area (Å²) in [4.78, 5) is 25.9. The molecule has 3 saturated carbocycles. The van der Waals surface area contributed by atoms with E-state index in [0.29, 0.717) is 73.9 Å². The first kappa shape index (κ1) is 28.7. The van der Waals surface area contributed by atoms with Crippen molar-refractivity contribution >= 4 is 11.6 Å². The number of hydrogen-bond donors (Lipinski definition) is 3. The lowest BCUT2D eigenvalue weighted by molar-refractivity contribution is -0.134. The summed E-state index contributed by atoms with van der Waals surface area (Å²) in [5.74, 6) is 9.12. The van der Waals surface area contributed by atoms with Gasteiger partial charge in [0.05, 0.1) is 13.2 Å². The molecule has 0 unspecified atom stereocenters. The van der Waals surface area contributed by atoms with E-state index in [4.69, 9.17) is 4.74 Å². The Morgan fingerprint density at radius 1 is 1.00 bits per heavy atom. The third-order valence-corrected chi connectivity index (χ3v) is 11.6. The lowest BCUT2D eigenvalue weighted by atomic mass is 9.60. The lowest BCUT2D eigenvalue weighted by Crippen LogP contribution is -2.63. The van der Waals surface area contributed by atoms with Crippen molar-refractivity contribution in [1.29, 1.82) is 0 Å². The van der Waals surface area contributed by atoms with Gasteiger partial charge in [0.15, 0.2) is 17.3 Å². The Hall–Kier alpha value is -2.36. The zero-order chi connectivity index (χ0) is 28.6. The van der Waals surface area contributed by atoms with Crippen LogP contribution in [0.15, 0.2) is 12.1 Å². The van der Waals surface area contributed by atoms with Crippen LogP contribution in [0.1, 0.15) is 107 Å². The van der Waals surface area contributed by atoms with E-state index in [9.17, 15) is 19.8 Å². The van der Waals surface area contributed by atoms with Crippen LogP contribution in [-0.4, -0.2) is 46.6 Å². The summed E-state index contributed by atoms with van der Waals surface area (Å²) in [6.07, 6.45) is 15.0. The molecule has 4 fully saturated rings. The zero-order valence-corrected chi connectivity index (χ0v) is 24.7. The average Bonchev–Trinajstić information content (AvgIpc) is 3.02. The Balaban J connectivity index is 1.12. The highest BCUT2D eigenvalue weighted by atomic mass is 16.5. The number of rotatable bonds is 4. The number of aromatic hydroxyl groups is 1. The molecule has 6 atom stereocenters. The third-order valence-electron chi connectivity index (χ3n) is 11.6. The Kier molecular flexibility index (Phi) is 8.22. The number of nitrogens with one attached hydrogen (secondary N) is 1. The number of carbonyl (C=O) groups excluding carboxylic acids is 2. The van der Waals surface area contributed by atoms with Crippen molar-refractivity contribution in [2.45, 2.75) is 127 Å². The summed E-state index contributed by atoms with van der Waals surface area (Å²) in [6.45, 7) is 0. The van der Waals surface area contributed by atoms with Crippen molar-refractivity contribution in [2.75, 3.05) is 7.11 Å². The fourth-order valence-corrected chi connectivity index (χ4v) is 9.18. The van der Waals surface area contributed by atoms with Crippen molar-refractivity contribution in [2.24, 2.45) is 23.2 Å². The Morgan fingerprint density at radius 3 is 2.61 bits per heavy atom. The molecule has 0 bridgehead atoms. The molecule has 1 aliphatic heterocycles. The van der Waals surface area contributed by atoms with Crippen LogP contribution < -0.4 is 10.1 Å². The van der Waals surface area contributed by atoms with E-state index in [1.165, 1.54) is 45.6 Å². The normalized spacial score (nSPS) is 34.9. The van der Waals surface area contributed by atoms with Gasteiger partial charge in [0, 0.05) is 37.3 Å². The monoisotopic (exact) mass is 561 g/mol. The summed E-state index contributed by atoms with van der Waals surface area (Å²) in [7, 11) is 1.53. The van der Waals surface area contributed by atoms with Crippen LogP contribution in [0.25, 0.3) is 0 Å². The second kappa shape index (κ2) is 11.7. The first-order chi connectivity index (χ1) is 19.8. The minimum absolute atomic E-state index is 0.0476. The quantitative estimate of drug-likeness (QED) is 0.424. The average molecular weight is 562 g/mol. The number of aryl methyl sites for hydroxylation is 1. The van der Waals surface area contributed by atoms with Crippen LogP contribution in [0, 0.1) is 35.0 Å². The topological polar surface area (TPSA) is 95.9 Å². The molecule has 6 nitrogen and oxygen atoms in total. The first-order valence-electron chi connectivity index (χ1n) is 16.2. The number of benzene rings is 1. The number of ether oxygens (including phenoxy) is 1. The second-order valence-corrected chi connectivity index (χ2v) is 13.8. The summed E-state index contributed by atoms with van der Waals surface area (Å²) in [5, 5.41) is 25.8. The SMILES string of the molecule is COc1cc2c(cc1O)CC#C[C@@]1(CC[C@H](CC[C@@H]3C[C@H]4CCC(=O)C[C@H]4NC34CCCCC4)C[C@H]1O)C(=O)CC2. The maximum absolute atomic E-state index is 13.6. The molecule has 0 aromatic heterocycles. The smallest absolute Gasteiger partial charge is 0.160 e. The van der Waals surface area contributed by atoms with Crippen molar-refractivity contribution in [1.82, 2.24) is 5.32 Å². The van der Waals surface area contributed by atoms with E-state index in [1.54, 1.807) is 6.07 Å². The number of piperidine rings is 1. The van der Waals surface area contributed by atoms with Crippen LogP contribution in [-0.2, 0) is 22.4 Å². The Labute approximate surface area is 245 Å². The Bertz CT molecular complexity index is 1220. The molecule has 5 aliphatic rings. The van der Waals surface area contributed by atoms with Crippen LogP contribution in [0.3, 0.4) is 0 Å². The van der Waals surface area contributed by atoms with Gasteiger partial charge in [-0.1, -0.05) is 37.5 Å². The molecular weight excluding hydrogens is 514 g/mol. The number of ketones is 2. The molecule has 3 N–H and O–H groups in total. The predicted octanol–water partition coefficient (Wildman–Crippen LogP) is 5.44. The number of Topliss-reactive ketones (excluding diaryl/α,β-unsaturated/α-hetero) is 2. The zero-order valence-electron chi connectivity index (χ0n) is 24.7. The number of aliphatic hydroxyl groups excluding tert-OH is 1. The van der Waals surface area contributed by atoms with Crippen molar-refractivity contribution in [3.05, 3.63) is 23.3 Å². The largest absolute Gasteiger partial charge is 0.504 e.